The van der Waals surface area contributed by atoms with E-state index >= 15 is 0 Å². The number of nitrogens with one attached hydrogen (secondary N) is 1. The molecule has 1 aromatic carbocycles. The molecule has 1 aliphatic heterocycles. The Bertz CT molecular complexity index is 730. The number of hydrogen-bond donors (Lipinski definition) is 1. The third-order valence-corrected chi connectivity index (χ3v) is 7.54. The van der Waals surface area contributed by atoms with Crippen LogP contribution in [0.3, 0.4) is 0 Å². The van der Waals surface area contributed by atoms with Crippen LogP contribution in [0.15, 0.2) is 24.3 Å². The van der Waals surface area contributed by atoms with Gasteiger partial charge in [0.05, 0.1) is 18.1 Å². The average molecular weight is 399 g/mol. The molecule has 1 N–H and O–H groups in total. The van der Waals surface area contributed by atoms with Gasteiger partial charge in [-0.3, -0.25) is 4.79 Å². The minimum absolute atomic E-state index is 0.0137. The van der Waals surface area contributed by atoms with Crippen molar-refractivity contribution in [3.8, 4) is 0 Å². The molecule has 7 heteroatoms. The Morgan fingerprint density at radius 1 is 1.19 bits per heavy atom. The topological polar surface area (TPSA) is 66.5 Å². The van der Waals surface area contributed by atoms with Crippen molar-refractivity contribution in [2.24, 2.45) is 0 Å². The average Bonchev–Trinajstić information content (AvgIpc) is 3.24. The number of rotatable bonds is 6. The highest BCUT2D eigenvalue weighted by molar-refractivity contribution is 7.91. The maximum Gasteiger partial charge on any atom is 0.237 e. The van der Waals surface area contributed by atoms with Crippen LogP contribution in [0.5, 0.6) is 0 Å². The normalized spacial score (nSPS) is 23.8. The Balaban J connectivity index is 1.64. The van der Waals surface area contributed by atoms with Gasteiger partial charge in [-0.15, -0.1) is 0 Å². The lowest BCUT2D eigenvalue weighted by atomic mass is 10.1. The molecule has 2 fully saturated rings. The van der Waals surface area contributed by atoms with E-state index in [-0.39, 0.29) is 42.1 Å². The number of benzene rings is 1. The summed E-state index contributed by atoms with van der Waals surface area (Å²) in [5.74, 6) is 0.324. The van der Waals surface area contributed by atoms with Gasteiger partial charge in [-0.2, -0.15) is 0 Å². The molecule has 5 nitrogen and oxygen atoms in total. The van der Waals surface area contributed by atoms with Gasteiger partial charge < -0.3 is 10.2 Å². The van der Waals surface area contributed by atoms with Crippen molar-refractivity contribution in [1.82, 2.24) is 10.2 Å². The minimum atomic E-state index is -3.01. The van der Waals surface area contributed by atoms with Crippen LogP contribution in [0.2, 0.25) is 5.02 Å². The molecule has 0 spiro atoms. The molecular formula is C19H27ClN2O3S. The molecule has 1 aliphatic carbocycles. The van der Waals surface area contributed by atoms with Gasteiger partial charge in [-0.1, -0.05) is 36.6 Å². The second-order valence-electron chi connectivity index (χ2n) is 7.45. The Morgan fingerprint density at radius 2 is 1.85 bits per heavy atom. The molecular weight excluding hydrogens is 372 g/mol. The van der Waals surface area contributed by atoms with Gasteiger partial charge in [0, 0.05) is 23.1 Å². The fraction of sp³-hybridized carbons (Fsp3) is 0.632. The highest BCUT2D eigenvalue weighted by atomic mass is 35.5. The molecule has 0 radical (unpaired) electrons. The lowest BCUT2D eigenvalue weighted by Gasteiger charge is -2.34. The molecule has 2 atom stereocenters. The smallest absolute Gasteiger partial charge is 0.237 e. The number of carbonyl (C=O) groups excluding carboxylic acids is 1. The van der Waals surface area contributed by atoms with E-state index < -0.39 is 9.84 Å². The summed E-state index contributed by atoms with van der Waals surface area (Å²) in [5.41, 5.74) is 1.07. The number of sulfone groups is 1. The molecule has 3 rings (SSSR count). The molecule has 1 saturated heterocycles. The highest BCUT2D eigenvalue weighted by Gasteiger charge is 2.38. The minimum Gasteiger partial charge on any atom is -0.335 e. The standard InChI is InChI=1S/C19H27ClN2O3S/c1-14(15-6-8-16(20)9-7-15)21-12-19(23)22(17-4-2-3-5-17)18-10-11-26(24,25)13-18/h6-9,14,17-18,21H,2-5,10-13H2,1H3/t14-,18+/m1/s1. The van der Waals surface area contributed by atoms with Gasteiger partial charge in [0.25, 0.3) is 0 Å². The molecule has 1 amide bonds. The molecule has 26 heavy (non-hydrogen) atoms. The van der Waals surface area contributed by atoms with E-state index in [2.05, 4.69) is 5.32 Å². The quantitative estimate of drug-likeness (QED) is 0.800. The van der Waals surface area contributed by atoms with Crippen LogP contribution in [-0.4, -0.2) is 49.4 Å². The van der Waals surface area contributed by atoms with Crippen LogP contribution < -0.4 is 5.32 Å². The first-order valence-corrected chi connectivity index (χ1v) is 11.6. The largest absolute Gasteiger partial charge is 0.335 e. The Morgan fingerprint density at radius 3 is 2.42 bits per heavy atom. The molecule has 1 aromatic rings. The number of amides is 1. The predicted molar refractivity (Wildman–Crippen MR) is 104 cm³/mol. The van der Waals surface area contributed by atoms with Crippen LogP contribution in [0.1, 0.15) is 50.6 Å². The summed E-state index contributed by atoms with van der Waals surface area (Å²) in [5, 5.41) is 3.97. The van der Waals surface area contributed by atoms with E-state index in [4.69, 9.17) is 11.6 Å². The van der Waals surface area contributed by atoms with E-state index in [1.165, 1.54) is 0 Å². The predicted octanol–water partition coefficient (Wildman–Crippen LogP) is 2.95. The van der Waals surface area contributed by atoms with Gasteiger partial charge in [0.2, 0.25) is 5.91 Å². The van der Waals surface area contributed by atoms with Crippen molar-refractivity contribution in [3.63, 3.8) is 0 Å². The zero-order valence-electron chi connectivity index (χ0n) is 15.2. The molecule has 144 valence electrons. The Labute approximate surface area is 161 Å². The van der Waals surface area contributed by atoms with E-state index in [0.29, 0.717) is 11.4 Å². The summed E-state index contributed by atoms with van der Waals surface area (Å²) >= 11 is 5.92. The van der Waals surface area contributed by atoms with E-state index in [9.17, 15) is 13.2 Å². The maximum atomic E-state index is 13.0. The van der Waals surface area contributed by atoms with Crippen molar-refractivity contribution >= 4 is 27.3 Å². The van der Waals surface area contributed by atoms with E-state index in [1.54, 1.807) is 0 Å². The van der Waals surface area contributed by atoms with Crippen LogP contribution in [0.25, 0.3) is 0 Å². The third kappa shape index (κ3) is 4.78. The van der Waals surface area contributed by atoms with Crippen LogP contribution in [0, 0.1) is 0 Å². The first-order chi connectivity index (χ1) is 12.4. The molecule has 2 aliphatic rings. The lowest BCUT2D eigenvalue weighted by Crippen LogP contribution is -2.50. The number of nitrogens with zero attached hydrogens (tertiary/aromatic N) is 1. The second kappa shape index (κ2) is 8.28. The fourth-order valence-electron chi connectivity index (χ4n) is 4.08. The second-order valence-corrected chi connectivity index (χ2v) is 10.1. The Hall–Kier alpha value is -1.11. The van der Waals surface area contributed by atoms with Crippen LogP contribution in [0.4, 0.5) is 0 Å². The van der Waals surface area contributed by atoms with Gasteiger partial charge in [-0.05, 0) is 43.9 Å². The molecule has 1 heterocycles. The first kappa shape index (κ1) is 19.6. The summed E-state index contributed by atoms with van der Waals surface area (Å²) in [6.45, 7) is 2.23. The molecule has 0 unspecified atom stereocenters. The van der Waals surface area contributed by atoms with Crippen molar-refractivity contribution < 1.29 is 13.2 Å². The van der Waals surface area contributed by atoms with Crippen molar-refractivity contribution in [2.45, 2.75) is 57.2 Å². The molecule has 0 aromatic heterocycles. The van der Waals surface area contributed by atoms with Crippen LogP contribution in [-0.2, 0) is 14.6 Å². The molecule has 0 bridgehead atoms. The highest BCUT2D eigenvalue weighted by Crippen LogP contribution is 2.29. The number of carbonyl (C=O) groups is 1. The lowest BCUT2D eigenvalue weighted by molar-refractivity contribution is -0.134. The zero-order valence-corrected chi connectivity index (χ0v) is 16.7. The maximum absolute atomic E-state index is 13.0. The zero-order chi connectivity index (χ0) is 18.7. The monoisotopic (exact) mass is 398 g/mol. The van der Waals surface area contributed by atoms with Crippen molar-refractivity contribution in [3.05, 3.63) is 34.9 Å². The summed E-state index contributed by atoms with van der Waals surface area (Å²) in [6.07, 6.45) is 4.76. The van der Waals surface area contributed by atoms with E-state index in [0.717, 1.165) is 31.2 Å². The Kier molecular flexibility index (Phi) is 6.25. The molecule has 1 saturated carbocycles. The first-order valence-electron chi connectivity index (χ1n) is 9.36. The summed E-state index contributed by atoms with van der Waals surface area (Å²) in [6, 6.07) is 7.62. The third-order valence-electron chi connectivity index (χ3n) is 5.54. The number of halogens is 1. The summed E-state index contributed by atoms with van der Waals surface area (Å²) in [7, 11) is -3.01. The fourth-order valence-corrected chi connectivity index (χ4v) is 5.92. The van der Waals surface area contributed by atoms with Gasteiger partial charge >= 0.3 is 0 Å². The van der Waals surface area contributed by atoms with Crippen molar-refractivity contribution in [1.29, 1.82) is 0 Å². The SMILES string of the molecule is C[C@@H](NCC(=O)N(C1CCCC1)[C@H]1CCS(=O)(=O)C1)c1ccc(Cl)cc1. The van der Waals surface area contributed by atoms with Crippen LogP contribution >= 0.6 is 11.6 Å². The number of hydrogen-bond acceptors (Lipinski definition) is 4. The van der Waals surface area contributed by atoms with E-state index in [1.807, 2.05) is 36.1 Å². The van der Waals surface area contributed by atoms with Gasteiger partial charge in [-0.25, -0.2) is 8.42 Å². The van der Waals surface area contributed by atoms with Gasteiger partial charge in [0.15, 0.2) is 9.84 Å². The summed E-state index contributed by atoms with van der Waals surface area (Å²) < 4.78 is 23.8. The van der Waals surface area contributed by atoms with Crippen molar-refractivity contribution in [2.75, 3.05) is 18.1 Å². The summed E-state index contributed by atoms with van der Waals surface area (Å²) in [4.78, 5) is 14.9. The van der Waals surface area contributed by atoms with Gasteiger partial charge in [0.1, 0.15) is 0 Å².